The lowest BCUT2D eigenvalue weighted by atomic mass is 9.85. The molecule has 6 N–H and O–H groups in total. The maximum absolute atomic E-state index is 13.7. The molecule has 4 rings (SSSR count). The summed E-state index contributed by atoms with van der Waals surface area (Å²) in [5.74, 6) is -10.2. The average Bonchev–Trinajstić information content (AvgIpc) is 4.14. The highest BCUT2D eigenvalue weighted by atomic mass is 32.1. The van der Waals surface area contributed by atoms with Crippen LogP contribution < -0.4 is 16.0 Å². The van der Waals surface area contributed by atoms with Gasteiger partial charge in [-0.2, -0.15) is 0 Å². The number of hydrogen-bond donors (Lipinski definition) is 6. The Morgan fingerprint density at radius 3 is 1.33 bits per heavy atom. The van der Waals surface area contributed by atoms with Gasteiger partial charge in [-0.1, -0.05) is 55.4 Å². The molecular weight excluding hydrogens is 1000 g/mol. The molecule has 0 aromatic carbocycles. The molecule has 0 radical (unpaired) electrons. The van der Waals surface area contributed by atoms with Crippen LogP contribution in [-0.2, 0) is 38.4 Å². The van der Waals surface area contributed by atoms with Gasteiger partial charge in [-0.3, -0.25) is 43.2 Å². The van der Waals surface area contributed by atoms with Crippen molar-refractivity contribution in [2.24, 2.45) is 41.4 Å². The van der Waals surface area contributed by atoms with Crippen molar-refractivity contribution in [3.63, 3.8) is 0 Å². The standard InChI is InChI=1S/C52H65N3O13S4/c1-25(2)31(50(65)54-47(27(5)6)35(58)22-30(29(9)56)10-20-45(60)61)23-34(57)37-12-13-38(69-37)39-14-15-40(70-39)41-16-17-42(71-41)43-18-19-44(72-43)51(66)55-48(28(7)8)36(59)24-32(26(3)4)49(64)53-33(52(67)68)11-21-46(62)63/h12-19,25-28,30-33,47-48H,10-11,20-24H2,1-9H3,(H,53,64)(H,54,65)(H,55,66)(H,60,61)(H,62,63)(H,67,68)/t30-,31+,32+,33+,47+,48+/m1/s1. The summed E-state index contributed by atoms with van der Waals surface area (Å²) < 4.78 is 0. The second-order valence-electron chi connectivity index (χ2n) is 19.3. The largest absolute Gasteiger partial charge is 0.481 e. The van der Waals surface area contributed by atoms with E-state index in [-0.39, 0.29) is 79.5 Å². The molecular formula is C52H65N3O13S4. The molecule has 0 unspecified atom stereocenters. The van der Waals surface area contributed by atoms with Crippen molar-refractivity contribution < 1.29 is 63.3 Å². The predicted octanol–water partition coefficient (Wildman–Crippen LogP) is 9.37. The van der Waals surface area contributed by atoms with Crippen molar-refractivity contribution in [3.8, 4) is 29.3 Å². The van der Waals surface area contributed by atoms with E-state index >= 15 is 0 Å². The normalized spacial score (nSPS) is 14.1. The number of ketones is 4. The Kier molecular flexibility index (Phi) is 21.9. The fourth-order valence-electron chi connectivity index (χ4n) is 7.96. The molecule has 0 aliphatic carbocycles. The zero-order valence-electron chi connectivity index (χ0n) is 41.9. The molecule has 390 valence electrons. The van der Waals surface area contributed by atoms with Gasteiger partial charge < -0.3 is 31.3 Å². The van der Waals surface area contributed by atoms with Gasteiger partial charge in [-0.05, 0) is 92.0 Å². The van der Waals surface area contributed by atoms with Crippen LogP contribution in [0.5, 0.6) is 0 Å². The molecule has 0 fully saturated rings. The highest BCUT2D eigenvalue weighted by Gasteiger charge is 2.35. The molecule has 4 heterocycles. The van der Waals surface area contributed by atoms with Crippen LogP contribution in [0.4, 0.5) is 0 Å². The average molecular weight is 1070 g/mol. The van der Waals surface area contributed by atoms with Crippen LogP contribution in [-0.4, -0.2) is 92.2 Å². The number of carbonyl (C=O) groups is 10. The lowest BCUT2D eigenvalue weighted by molar-refractivity contribution is -0.144. The summed E-state index contributed by atoms with van der Waals surface area (Å²) in [6, 6.07) is 11.8. The molecule has 20 heteroatoms. The molecule has 0 saturated heterocycles. The van der Waals surface area contributed by atoms with Gasteiger partial charge in [0.05, 0.1) is 21.8 Å². The topological polar surface area (TPSA) is 267 Å². The highest BCUT2D eigenvalue weighted by molar-refractivity contribution is 7.29. The Morgan fingerprint density at radius 2 is 0.875 bits per heavy atom. The van der Waals surface area contributed by atoms with Crippen molar-refractivity contribution in [2.75, 3.05) is 0 Å². The first-order valence-corrected chi connectivity index (χ1v) is 27.1. The minimum Gasteiger partial charge on any atom is -0.481 e. The number of carboxylic acid groups (broad SMARTS) is 3. The molecule has 4 aromatic heterocycles. The number of amides is 3. The van der Waals surface area contributed by atoms with E-state index in [1.807, 2.05) is 50.2 Å². The van der Waals surface area contributed by atoms with E-state index < -0.39 is 83.7 Å². The molecule has 0 aliphatic heterocycles. The molecule has 0 spiro atoms. The van der Waals surface area contributed by atoms with Gasteiger partial charge in [0.2, 0.25) is 11.8 Å². The van der Waals surface area contributed by atoms with Crippen molar-refractivity contribution in [2.45, 2.75) is 125 Å². The van der Waals surface area contributed by atoms with E-state index in [2.05, 4.69) is 16.0 Å². The summed E-state index contributed by atoms with van der Waals surface area (Å²) in [5, 5.41) is 35.7. The smallest absolute Gasteiger partial charge is 0.326 e. The highest BCUT2D eigenvalue weighted by Crippen LogP contribution is 2.43. The van der Waals surface area contributed by atoms with E-state index in [1.54, 1.807) is 76.3 Å². The SMILES string of the molecule is CC(=O)[C@H](CCC(=O)O)CC(=O)[C@@H](NC(=O)[C@@H](CC(=O)c1ccc(-c2ccc(-c3ccc(-c4ccc(C(=O)N[C@H](C(=O)C[C@H](C(=O)N[C@@H](CCC(=O)O)C(=O)O)C(C)C)C(C)C)s4)s3)s2)s1)C(C)C)C(C)C. The van der Waals surface area contributed by atoms with E-state index in [0.717, 1.165) is 29.3 Å². The maximum atomic E-state index is 13.7. The fraction of sp³-hybridized carbons (Fsp3) is 0.500. The number of carboxylic acids is 3. The first-order chi connectivity index (χ1) is 33.8. The molecule has 6 atom stereocenters. The summed E-state index contributed by atoms with van der Waals surface area (Å²) >= 11 is 5.69. The number of Topliss-reactive ketones (excluding diaryl/α,β-unsaturated/α-hetero) is 4. The van der Waals surface area contributed by atoms with Crippen LogP contribution in [0.2, 0.25) is 0 Å². The molecule has 72 heavy (non-hydrogen) atoms. The quantitative estimate of drug-likeness (QED) is 0.0266. The third kappa shape index (κ3) is 16.7. The van der Waals surface area contributed by atoms with Crippen LogP contribution in [0.3, 0.4) is 0 Å². The van der Waals surface area contributed by atoms with E-state index in [4.69, 9.17) is 10.2 Å². The molecule has 0 aliphatic rings. The third-order valence-corrected chi connectivity index (χ3v) is 17.3. The van der Waals surface area contributed by atoms with Gasteiger partial charge in [0, 0.05) is 79.1 Å². The number of rotatable bonds is 30. The van der Waals surface area contributed by atoms with Crippen LogP contribution in [0.25, 0.3) is 29.3 Å². The lowest BCUT2D eigenvalue weighted by Crippen LogP contribution is -2.48. The van der Waals surface area contributed by atoms with Crippen molar-refractivity contribution in [3.05, 3.63) is 58.3 Å². The van der Waals surface area contributed by atoms with Crippen molar-refractivity contribution in [1.29, 1.82) is 0 Å². The van der Waals surface area contributed by atoms with Crippen LogP contribution in [0.1, 0.15) is 127 Å². The summed E-state index contributed by atoms with van der Waals surface area (Å²) in [7, 11) is 0. The van der Waals surface area contributed by atoms with Gasteiger partial charge >= 0.3 is 17.9 Å². The van der Waals surface area contributed by atoms with Crippen LogP contribution in [0.15, 0.2) is 48.5 Å². The number of nitrogens with one attached hydrogen (secondary N) is 3. The van der Waals surface area contributed by atoms with Gasteiger partial charge in [-0.15, -0.1) is 45.3 Å². The molecule has 16 nitrogen and oxygen atoms in total. The van der Waals surface area contributed by atoms with Crippen molar-refractivity contribution >= 4 is 104 Å². The number of hydrogen-bond acceptors (Lipinski definition) is 14. The zero-order valence-corrected chi connectivity index (χ0v) is 45.2. The number of carbonyl (C=O) groups excluding carboxylic acids is 7. The Labute approximate surface area is 435 Å². The number of aliphatic carboxylic acids is 3. The maximum Gasteiger partial charge on any atom is 0.326 e. The predicted molar refractivity (Wildman–Crippen MR) is 279 cm³/mol. The Bertz CT molecular complexity index is 2440. The Balaban J connectivity index is 1.39. The van der Waals surface area contributed by atoms with Crippen molar-refractivity contribution in [1.82, 2.24) is 16.0 Å². The minimum atomic E-state index is -1.44. The van der Waals surface area contributed by atoms with E-state index in [0.29, 0.717) is 9.75 Å². The Hall–Kier alpha value is -5.70. The van der Waals surface area contributed by atoms with E-state index in [1.165, 1.54) is 29.6 Å². The number of thiophene rings is 4. The monoisotopic (exact) mass is 1070 g/mol. The third-order valence-electron chi connectivity index (χ3n) is 12.4. The van der Waals surface area contributed by atoms with Gasteiger partial charge in [0.1, 0.15) is 11.8 Å². The summed E-state index contributed by atoms with van der Waals surface area (Å²) in [5.41, 5.74) is 0. The zero-order chi connectivity index (χ0) is 53.7. The summed E-state index contributed by atoms with van der Waals surface area (Å²) in [6.45, 7) is 15.5. The molecule has 4 aromatic rings. The van der Waals surface area contributed by atoms with Crippen LogP contribution in [0, 0.1) is 41.4 Å². The van der Waals surface area contributed by atoms with E-state index in [9.17, 15) is 53.1 Å². The lowest BCUT2D eigenvalue weighted by Gasteiger charge is -2.27. The summed E-state index contributed by atoms with van der Waals surface area (Å²) in [6.07, 6.45) is -1.54. The molecule has 3 amide bonds. The second kappa shape index (κ2) is 26.8. The first kappa shape index (κ1) is 58.9. The summed E-state index contributed by atoms with van der Waals surface area (Å²) in [4.78, 5) is 134. The van der Waals surface area contributed by atoms with Crippen LogP contribution >= 0.6 is 45.3 Å². The van der Waals surface area contributed by atoms with Gasteiger partial charge in [-0.25, -0.2) is 4.79 Å². The van der Waals surface area contributed by atoms with Gasteiger partial charge in [0.15, 0.2) is 17.3 Å². The fourth-order valence-corrected chi connectivity index (χ4v) is 12.1. The molecule has 0 saturated carbocycles. The van der Waals surface area contributed by atoms with Gasteiger partial charge in [0.25, 0.3) is 5.91 Å². The first-order valence-electron chi connectivity index (χ1n) is 23.8. The Morgan fingerprint density at radius 1 is 0.472 bits per heavy atom. The minimum absolute atomic E-state index is 0.0227. The second-order valence-corrected chi connectivity index (χ2v) is 23.7. The molecule has 0 bridgehead atoms.